The van der Waals surface area contributed by atoms with Gasteiger partial charge >= 0.3 is 0 Å². The summed E-state index contributed by atoms with van der Waals surface area (Å²) >= 11 is 0. The molecule has 8 aromatic rings. The average Bonchev–Trinajstić information content (AvgIpc) is 3.17. The minimum absolute atomic E-state index is 0.0391. The van der Waals surface area contributed by atoms with Crippen LogP contribution in [0.3, 0.4) is 0 Å². The first kappa shape index (κ1) is 29.8. The molecule has 2 N–H and O–H groups in total. The highest BCUT2D eigenvalue weighted by atomic mass is 15.0. The normalized spacial score (nSPS) is 15.3. The Hall–Kier alpha value is -6.33. The minimum atomic E-state index is -0.122. The zero-order chi connectivity index (χ0) is 33.3. The molecule has 2 unspecified atom stereocenters. The quantitative estimate of drug-likeness (QED) is 0.199. The molecule has 1 aliphatic heterocycles. The third-order valence-electron chi connectivity index (χ3n) is 9.66. The third-order valence-corrected chi connectivity index (χ3v) is 9.66. The van der Waals surface area contributed by atoms with E-state index in [-0.39, 0.29) is 12.1 Å². The van der Waals surface area contributed by atoms with E-state index in [1.165, 1.54) is 5.56 Å². The molecule has 5 heteroatoms. The van der Waals surface area contributed by atoms with Gasteiger partial charge in [-0.25, -0.2) is 0 Å². The van der Waals surface area contributed by atoms with E-state index < -0.39 is 0 Å². The molecule has 0 saturated carbocycles. The van der Waals surface area contributed by atoms with Gasteiger partial charge in [0.05, 0.1) is 34.5 Å². The molecule has 9 rings (SSSR count). The highest BCUT2D eigenvalue weighted by Gasteiger charge is 2.22. The molecule has 0 spiro atoms. The smallest absolute Gasteiger partial charge is 0.0741 e. The molecule has 0 radical (unpaired) electrons. The maximum Gasteiger partial charge on any atom is 0.0741 e. The predicted octanol–water partition coefficient (Wildman–Crippen LogP) is 10.6. The molecule has 3 aromatic heterocycles. The largest absolute Gasteiger partial charge is 0.377 e. The van der Waals surface area contributed by atoms with Crippen LogP contribution in [0, 0.1) is 0 Å². The number of para-hydroxylation sites is 4. The lowest BCUT2D eigenvalue weighted by Crippen LogP contribution is -2.18. The van der Waals surface area contributed by atoms with Crippen molar-refractivity contribution in [1.29, 1.82) is 0 Å². The molecule has 5 aromatic carbocycles. The summed E-state index contributed by atoms with van der Waals surface area (Å²) < 4.78 is 0. The Kier molecular flexibility index (Phi) is 7.71. The van der Waals surface area contributed by atoms with Gasteiger partial charge in [-0.15, -0.1) is 0 Å². The molecule has 4 heterocycles. The molecule has 0 aliphatic carbocycles. The first-order valence-electron chi connectivity index (χ1n) is 17.2. The number of fused-ring (bicyclic) bond motifs is 10. The van der Waals surface area contributed by atoms with Crippen molar-refractivity contribution in [2.24, 2.45) is 0 Å². The molecule has 1 aliphatic rings. The maximum absolute atomic E-state index is 5.34. The predicted molar refractivity (Wildman–Crippen MR) is 205 cm³/mol. The van der Waals surface area contributed by atoms with Crippen LogP contribution >= 0.6 is 0 Å². The van der Waals surface area contributed by atoms with E-state index in [0.29, 0.717) is 6.42 Å². The molecular weight excluding hydrogens is 611 g/mol. The number of benzene rings is 5. The fourth-order valence-corrected chi connectivity index (χ4v) is 7.13. The van der Waals surface area contributed by atoms with E-state index in [0.717, 1.165) is 79.1 Å². The van der Waals surface area contributed by atoms with Crippen LogP contribution in [0.15, 0.2) is 164 Å². The van der Waals surface area contributed by atoms with Gasteiger partial charge in [0, 0.05) is 57.5 Å². The van der Waals surface area contributed by atoms with Crippen molar-refractivity contribution < 1.29 is 0 Å². The highest BCUT2D eigenvalue weighted by molar-refractivity contribution is 5.81. The molecule has 240 valence electrons. The molecule has 0 amide bonds. The number of nitrogens with zero attached hydrogens (tertiary/aromatic N) is 3. The Morgan fingerprint density at radius 2 is 1.02 bits per heavy atom. The minimum Gasteiger partial charge on any atom is -0.377 e. The van der Waals surface area contributed by atoms with Crippen LogP contribution < -0.4 is 10.6 Å². The summed E-state index contributed by atoms with van der Waals surface area (Å²) in [7, 11) is 0. The summed E-state index contributed by atoms with van der Waals surface area (Å²) in [6.45, 7) is 0. The Balaban J connectivity index is 1.18. The van der Waals surface area contributed by atoms with Crippen LogP contribution in [0.25, 0.3) is 44.2 Å². The number of rotatable bonds is 4. The molecule has 0 fully saturated rings. The molecule has 2 atom stereocenters. The summed E-state index contributed by atoms with van der Waals surface area (Å²) in [6, 6.07) is 57.4. The molecule has 50 heavy (non-hydrogen) atoms. The Morgan fingerprint density at radius 1 is 0.440 bits per heavy atom. The van der Waals surface area contributed by atoms with Crippen molar-refractivity contribution in [3.8, 4) is 22.4 Å². The first-order valence-corrected chi connectivity index (χ1v) is 17.2. The lowest BCUT2D eigenvalue weighted by molar-refractivity contribution is 0.733. The SMILES string of the molecule is c1cc2cc(c1)C(Cc1ccc3ccccc3n1)Nc1ccccc1-c1cccc(n1)C(Cc1ccc3ccccc3n1)Nc1ccccc1-2. The first-order chi connectivity index (χ1) is 24.7. The van der Waals surface area contributed by atoms with E-state index in [4.69, 9.17) is 15.0 Å². The standard InChI is InChI=1S/C45H35N5/c1-5-17-38-30(11-1)23-25-34(46-38)28-44-33-14-9-13-32(27-33)36-15-3-7-19-40(36)50-45(29-35-26-24-31-12-2-6-18-39(31)47-35)43-22-10-21-42(48-43)37-16-4-8-20-41(37)49-44/h1-27,44-45,49-50H,28-29H2. The summed E-state index contributed by atoms with van der Waals surface area (Å²) in [4.78, 5) is 15.5. The van der Waals surface area contributed by atoms with E-state index in [1.54, 1.807) is 0 Å². The maximum atomic E-state index is 5.34. The zero-order valence-electron chi connectivity index (χ0n) is 27.5. The highest BCUT2D eigenvalue weighted by Crippen LogP contribution is 2.37. The van der Waals surface area contributed by atoms with E-state index in [1.807, 2.05) is 12.1 Å². The van der Waals surface area contributed by atoms with E-state index in [2.05, 4.69) is 162 Å². The van der Waals surface area contributed by atoms with Crippen molar-refractivity contribution >= 4 is 33.2 Å². The number of anilines is 2. The van der Waals surface area contributed by atoms with Crippen LogP contribution in [-0.2, 0) is 12.8 Å². The van der Waals surface area contributed by atoms with Crippen LogP contribution in [0.2, 0.25) is 0 Å². The van der Waals surface area contributed by atoms with Crippen LogP contribution in [0.5, 0.6) is 0 Å². The molecule has 4 bridgehead atoms. The number of nitrogens with one attached hydrogen (secondary N) is 2. The van der Waals surface area contributed by atoms with Crippen molar-refractivity contribution in [2.75, 3.05) is 10.6 Å². The van der Waals surface area contributed by atoms with Gasteiger partial charge in [-0.1, -0.05) is 109 Å². The topological polar surface area (TPSA) is 62.7 Å². The van der Waals surface area contributed by atoms with Gasteiger partial charge in [0.15, 0.2) is 0 Å². The van der Waals surface area contributed by atoms with Gasteiger partial charge in [0.2, 0.25) is 0 Å². The Bertz CT molecular complexity index is 2310. The van der Waals surface area contributed by atoms with Gasteiger partial charge in [-0.05, 0) is 65.7 Å². The molecule has 0 saturated heterocycles. The monoisotopic (exact) mass is 645 g/mol. The summed E-state index contributed by atoms with van der Waals surface area (Å²) in [5, 5.41) is 10.2. The van der Waals surface area contributed by atoms with E-state index in [9.17, 15) is 0 Å². The zero-order valence-corrected chi connectivity index (χ0v) is 27.5. The fourth-order valence-electron chi connectivity index (χ4n) is 7.13. The third kappa shape index (κ3) is 5.95. The summed E-state index contributed by atoms with van der Waals surface area (Å²) in [5.41, 5.74) is 12.6. The van der Waals surface area contributed by atoms with Crippen LogP contribution in [-0.4, -0.2) is 15.0 Å². The average molecular weight is 646 g/mol. The molecular formula is C45H35N5. The van der Waals surface area contributed by atoms with Crippen molar-refractivity contribution in [1.82, 2.24) is 15.0 Å². The number of pyridine rings is 3. The fraction of sp³-hybridized carbons (Fsp3) is 0.0889. The second kappa shape index (κ2) is 12.9. The number of hydrogen-bond donors (Lipinski definition) is 2. The van der Waals surface area contributed by atoms with Crippen molar-refractivity contribution in [3.63, 3.8) is 0 Å². The van der Waals surface area contributed by atoms with Crippen LogP contribution in [0.4, 0.5) is 11.4 Å². The Morgan fingerprint density at radius 3 is 1.76 bits per heavy atom. The van der Waals surface area contributed by atoms with E-state index >= 15 is 0 Å². The van der Waals surface area contributed by atoms with Gasteiger partial charge in [0.1, 0.15) is 0 Å². The van der Waals surface area contributed by atoms with Gasteiger partial charge in [-0.3, -0.25) is 15.0 Å². The van der Waals surface area contributed by atoms with Crippen molar-refractivity contribution in [3.05, 3.63) is 186 Å². The second-order valence-corrected chi connectivity index (χ2v) is 13.0. The van der Waals surface area contributed by atoms with Gasteiger partial charge in [0.25, 0.3) is 0 Å². The lowest BCUT2D eigenvalue weighted by atomic mass is 9.94. The number of hydrogen-bond acceptors (Lipinski definition) is 5. The number of aromatic nitrogens is 3. The summed E-state index contributed by atoms with van der Waals surface area (Å²) in [6.07, 6.45) is 1.40. The molecule has 5 nitrogen and oxygen atoms in total. The lowest BCUT2D eigenvalue weighted by Gasteiger charge is -2.25. The van der Waals surface area contributed by atoms with Gasteiger partial charge in [-0.2, -0.15) is 0 Å². The Labute approximate surface area is 291 Å². The van der Waals surface area contributed by atoms with Crippen LogP contribution in [0.1, 0.15) is 34.7 Å². The summed E-state index contributed by atoms with van der Waals surface area (Å²) in [5.74, 6) is 0. The van der Waals surface area contributed by atoms with Gasteiger partial charge < -0.3 is 10.6 Å². The second-order valence-electron chi connectivity index (χ2n) is 13.0. The van der Waals surface area contributed by atoms with Crippen molar-refractivity contribution in [2.45, 2.75) is 24.9 Å².